The zero-order chi connectivity index (χ0) is 23.3. The highest BCUT2D eigenvalue weighted by atomic mass is 79.9. The number of carbonyl (C=O) groups excluding carboxylic acids is 1. The molecule has 0 aliphatic rings. The summed E-state index contributed by atoms with van der Waals surface area (Å²) in [7, 11) is 4.04. The van der Waals surface area contributed by atoms with Gasteiger partial charge in [-0.1, -0.05) is 38.0 Å². The van der Waals surface area contributed by atoms with Crippen LogP contribution in [0.3, 0.4) is 0 Å². The minimum Gasteiger partial charge on any atom is -1.00 e. The second kappa shape index (κ2) is 11.3. The molecule has 0 fully saturated rings. The molecule has 7 heteroatoms. The van der Waals surface area contributed by atoms with Gasteiger partial charge in [0.2, 0.25) is 0 Å². The fourth-order valence-electron chi connectivity index (χ4n) is 3.18. The maximum Gasteiger partial charge on any atom is 0.314 e. The Morgan fingerprint density at radius 1 is 1.09 bits per heavy atom. The van der Waals surface area contributed by atoms with Crippen molar-refractivity contribution in [3.05, 3.63) is 66.5 Å². The number of benzene rings is 2. The minimum atomic E-state index is -0.414. The summed E-state index contributed by atoms with van der Waals surface area (Å²) in [4.78, 5) is 14.8. The quantitative estimate of drug-likeness (QED) is 0.338. The van der Waals surface area contributed by atoms with Crippen LogP contribution in [0.2, 0.25) is 0 Å². The monoisotopic (exact) mass is 512 g/mol. The van der Waals surface area contributed by atoms with Crippen LogP contribution >= 0.6 is 0 Å². The van der Waals surface area contributed by atoms with Gasteiger partial charge in [-0.05, 0) is 48.9 Å². The van der Waals surface area contributed by atoms with Crippen LogP contribution in [0.25, 0.3) is 11.4 Å². The molecule has 0 saturated carbocycles. The molecule has 3 rings (SSSR count). The number of carbonyl (C=O) groups is 1. The van der Waals surface area contributed by atoms with Gasteiger partial charge in [0.1, 0.15) is 18.5 Å². The summed E-state index contributed by atoms with van der Waals surface area (Å²) >= 11 is 0. The standard InChI is InChI=1S/C26H33N4O2.BrH/c1-7-32-23-14-10-21(11-15-23)25-29(19-24(31)26(2,3)4)16-17-30(25)27-18-20-8-12-22(13-9-20)28(5)6;/h8-18H,7,19H2,1-6H3;1H/q+1;/p-1/b27-18+;. The van der Waals surface area contributed by atoms with Crippen LogP contribution in [-0.4, -0.2) is 37.4 Å². The van der Waals surface area contributed by atoms with Gasteiger partial charge in [0, 0.05) is 25.2 Å². The Bertz CT molecular complexity index is 1080. The number of aromatic nitrogens is 2. The third-order valence-electron chi connectivity index (χ3n) is 5.19. The van der Waals surface area contributed by atoms with Crippen molar-refractivity contribution in [3.63, 3.8) is 0 Å². The van der Waals surface area contributed by atoms with Crippen LogP contribution in [-0.2, 0) is 11.3 Å². The van der Waals surface area contributed by atoms with Crippen molar-refractivity contribution in [1.82, 2.24) is 4.68 Å². The van der Waals surface area contributed by atoms with E-state index in [1.807, 2.05) is 106 Å². The van der Waals surface area contributed by atoms with E-state index in [0.717, 1.165) is 28.4 Å². The molecule has 0 atom stereocenters. The van der Waals surface area contributed by atoms with E-state index < -0.39 is 5.41 Å². The van der Waals surface area contributed by atoms with Gasteiger partial charge in [0.25, 0.3) is 0 Å². The summed E-state index contributed by atoms with van der Waals surface area (Å²) < 4.78 is 9.34. The van der Waals surface area contributed by atoms with E-state index in [2.05, 4.69) is 17.0 Å². The molecule has 33 heavy (non-hydrogen) atoms. The number of ether oxygens (including phenoxy) is 1. The molecule has 0 radical (unpaired) electrons. The Hall–Kier alpha value is -2.93. The van der Waals surface area contributed by atoms with Gasteiger partial charge in [0.15, 0.2) is 12.0 Å². The van der Waals surface area contributed by atoms with E-state index in [1.54, 1.807) is 0 Å². The van der Waals surface area contributed by atoms with Crippen LogP contribution in [0.15, 0.2) is 66.0 Å². The Morgan fingerprint density at radius 2 is 1.73 bits per heavy atom. The summed E-state index contributed by atoms with van der Waals surface area (Å²) in [5.74, 6) is 1.82. The molecule has 1 aromatic heterocycles. The summed E-state index contributed by atoms with van der Waals surface area (Å²) in [5, 5.41) is 4.69. The lowest BCUT2D eigenvalue weighted by Crippen LogP contribution is -3.00. The second-order valence-electron chi connectivity index (χ2n) is 8.96. The van der Waals surface area contributed by atoms with Gasteiger partial charge in [-0.25, -0.2) is 4.57 Å². The number of ketones is 1. The molecule has 0 saturated heterocycles. The third kappa shape index (κ3) is 6.78. The number of hydrogen-bond donors (Lipinski definition) is 0. The highest BCUT2D eigenvalue weighted by Gasteiger charge is 2.27. The number of halogens is 1. The first kappa shape index (κ1) is 26.3. The largest absolute Gasteiger partial charge is 1.00 e. The first-order valence-corrected chi connectivity index (χ1v) is 10.9. The Labute approximate surface area is 207 Å². The first-order valence-electron chi connectivity index (χ1n) is 10.9. The van der Waals surface area contributed by atoms with Crippen LogP contribution in [0.1, 0.15) is 33.3 Å². The highest BCUT2D eigenvalue weighted by molar-refractivity contribution is 5.82. The second-order valence-corrected chi connectivity index (χ2v) is 8.96. The molecule has 6 nitrogen and oxygen atoms in total. The minimum absolute atomic E-state index is 0. The summed E-state index contributed by atoms with van der Waals surface area (Å²) in [6, 6.07) is 16.1. The molecule has 3 aromatic rings. The molecule has 0 aliphatic heterocycles. The van der Waals surface area contributed by atoms with Gasteiger partial charge in [-0.3, -0.25) is 4.79 Å². The number of nitrogens with zero attached hydrogens (tertiary/aromatic N) is 4. The number of anilines is 1. The maximum absolute atomic E-state index is 12.7. The van der Waals surface area contributed by atoms with E-state index in [1.165, 1.54) is 0 Å². The molecule has 0 amide bonds. The Balaban J connectivity index is 0.00000385. The zero-order valence-electron chi connectivity index (χ0n) is 20.2. The maximum atomic E-state index is 12.7. The molecular formula is C26H33BrN4O2. The van der Waals surface area contributed by atoms with Crippen molar-refractivity contribution in [2.24, 2.45) is 10.5 Å². The van der Waals surface area contributed by atoms with Gasteiger partial charge in [0.05, 0.1) is 18.4 Å². The van der Waals surface area contributed by atoms with E-state index in [-0.39, 0.29) is 29.3 Å². The molecule has 0 spiro atoms. The SMILES string of the molecule is CCOc1ccc(-c2n(/N=C/c3ccc(N(C)C)cc3)cc[n+]2CC(=O)C(C)(C)C)cc1.[Br-]. The molecule has 1 heterocycles. The summed E-state index contributed by atoms with van der Waals surface area (Å²) in [6.07, 6.45) is 5.61. The van der Waals surface area contributed by atoms with Crippen LogP contribution in [0.5, 0.6) is 5.75 Å². The number of hydrogen-bond acceptors (Lipinski definition) is 4. The molecule has 0 N–H and O–H groups in total. The van der Waals surface area contributed by atoms with Crippen LogP contribution in [0, 0.1) is 5.41 Å². The van der Waals surface area contributed by atoms with Crippen LogP contribution in [0.4, 0.5) is 5.69 Å². The van der Waals surface area contributed by atoms with Crippen molar-refractivity contribution in [3.8, 4) is 17.1 Å². The molecule has 176 valence electrons. The predicted molar refractivity (Wildman–Crippen MR) is 129 cm³/mol. The molecule has 0 bridgehead atoms. The van der Waals surface area contributed by atoms with Crippen molar-refractivity contribution in [2.45, 2.75) is 34.2 Å². The van der Waals surface area contributed by atoms with Crippen molar-refractivity contribution < 1.29 is 31.1 Å². The predicted octanol–water partition coefficient (Wildman–Crippen LogP) is 1.41. The molecule has 0 aliphatic carbocycles. The molecular weight excluding hydrogens is 480 g/mol. The lowest BCUT2D eigenvalue weighted by Gasteiger charge is -2.15. The van der Waals surface area contributed by atoms with Gasteiger partial charge in [-0.15, -0.1) is 4.68 Å². The number of Topliss-reactive ketones (excluding diaryl/α,β-unsaturated/α-hetero) is 1. The van der Waals surface area contributed by atoms with E-state index in [9.17, 15) is 4.79 Å². The number of imidazole rings is 1. The van der Waals surface area contributed by atoms with Gasteiger partial charge >= 0.3 is 5.82 Å². The highest BCUT2D eigenvalue weighted by Crippen LogP contribution is 2.22. The fourth-order valence-corrected chi connectivity index (χ4v) is 3.18. The Morgan fingerprint density at radius 3 is 2.27 bits per heavy atom. The smallest absolute Gasteiger partial charge is 0.314 e. The van der Waals surface area contributed by atoms with Gasteiger partial charge < -0.3 is 26.6 Å². The van der Waals surface area contributed by atoms with Crippen molar-refractivity contribution >= 4 is 17.7 Å². The van der Waals surface area contributed by atoms with E-state index in [0.29, 0.717) is 6.61 Å². The summed E-state index contributed by atoms with van der Waals surface area (Å²) in [5.41, 5.74) is 2.68. The van der Waals surface area contributed by atoms with Crippen molar-refractivity contribution in [2.75, 3.05) is 25.6 Å². The average Bonchev–Trinajstić information content (AvgIpc) is 3.15. The van der Waals surface area contributed by atoms with Gasteiger partial charge in [-0.2, -0.15) is 0 Å². The van der Waals surface area contributed by atoms with E-state index >= 15 is 0 Å². The fraction of sp³-hybridized carbons (Fsp3) is 0.346. The summed E-state index contributed by atoms with van der Waals surface area (Å²) in [6.45, 7) is 8.70. The molecule has 2 aromatic carbocycles. The topological polar surface area (TPSA) is 50.7 Å². The first-order chi connectivity index (χ1) is 15.2. The lowest BCUT2D eigenvalue weighted by atomic mass is 9.91. The zero-order valence-corrected chi connectivity index (χ0v) is 21.8. The Kier molecular flexibility index (Phi) is 8.99. The van der Waals surface area contributed by atoms with Crippen LogP contribution < -0.4 is 31.2 Å². The number of rotatable bonds is 8. The normalized spacial score (nSPS) is 11.3. The molecule has 0 unspecified atom stereocenters. The van der Waals surface area contributed by atoms with Crippen molar-refractivity contribution in [1.29, 1.82) is 0 Å². The lowest BCUT2D eigenvalue weighted by molar-refractivity contribution is -0.673. The average molecular weight is 513 g/mol. The van der Waals surface area contributed by atoms with E-state index in [4.69, 9.17) is 9.84 Å². The third-order valence-corrected chi connectivity index (χ3v) is 5.19.